The molecule has 0 aliphatic heterocycles. The first-order valence-electron chi connectivity index (χ1n) is 3.11. The van der Waals surface area contributed by atoms with Gasteiger partial charge in [-0.05, 0) is 26.2 Å². The van der Waals surface area contributed by atoms with Crippen molar-refractivity contribution in [3.05, 3.63) is 17.9 Å². The van der Waals surface area contributed by atoms with Gasteiger partial charge in [-0.2, -0.15) is 0 Å². The quantitative estimate of drug-likeness (QED) is 0.657. The summed E-state index contributed by atoms with van der Waals surface area (Å²) in [6.45, 7) is 0.834. The lowest BCUT2D eigenvalue weighted by molar-refractivity contribution is 0.330. The summed E-state index contributed by atoms with van der Waals surface area (Å²) in [7, 11) is 4.00. The Hall–Kier alpha value is -0.410. The molecule has 2 nitrogen and oxygen atoms in total. The van der Waals surface area contributed by atoms with E-state index in [1.807, 2.05) is 31.1 Å². The van der Waals surface area contributed by atoms with Gasteiger partial charge in [0.05, 0.1) is 6.54 Å². The molecule has 0 aliphatic rings. The molecule has 56 valence electrons. The van der Waals surface area contributed by atoms with Crippen LogP contribution in [0, 0.1) is 0 Å². The average molecular weight is 157 g/mol. The summed E-state index contributed by atoms with van der Waals surface area (Å²) in [6.07, 6.45) is 0. The highest BCUT2D eigenvalue weighted by Gasteiger charge is 1.98. The summed E-state index contributed by atoms with van der Waals surface area (Å²) in [4.78, 5) is 2.05. The molecule has 0 fully saturated rings. The molecule has 0 N–H and O–H groups in total. The Labute approximate surface area is 66.2 Å². The number of rotatable bonds is 2. The van der Waals surface area contributed by atoms with E-state index < -0.39 is 0 Å². The highest BCUT2D eigenvalue weighted by atomic mass is 32.1. The summed E-state index contributed by atoms with van der Waals surface area (Å²) in [6, 6.07) is 3.78. The summed E-state index contributed by atoms with van der Waals surface area (Å²) >= 11 is 4.04. The summed E-state index contributed by atoms with van der Waals surface area (Å²) in [5.74, 6) is 0.954. The maximum atomic E-state index is 5.22. The Morgan fingerprint density at radius 2 is 2.20 bits per heavy atom. The highest BCUT2D eigenvalue weighted by Crippen LogP contribution is 2.11. The highest BCUT2D eigenvalue weighted by molar-refractivity contribution is 7.80. The molecule has 0 amide bonds. The first kappa shape index (κ1) is 7.69. The Balaban J connectivity index is 2.58. The zero-order chi connectivity index (χ0) is 7.56. The third kappa shape index (κ3) is 2.08. The summed E-state index contributed by atoms with van der Waals surface area (Å²) in [5, 5.41) is 0.678. The van der Waals surface area contributed by atoms with Crippen molar-refractivity contribution in [3.63, 3.8) is 0 Å². The molecule has 0 saturated carbocycles. The van der Waals surface area contributed by atoms with Crippen molar-refractivity contribution in [2.75, 3.05) is 14.1 Å². The maximum Gasteiger partial charge on any atom is 0.157 e. The Morgan fingerprint density at radius 1 is 1.50 bits per heavy atom. The van der Waals surface area contributed by atoms with Crippen LogP contribution in [0.15, 0.2) is 21.6 Å². The Kier molecular flexibility index (Phi) is 2.40. The fraction of sp³-hybridized carbons (Fsp3) is 0.429. The predicted molar refractivity (Wildman–Crippen MR) is 43.4 cm³/mol. The van der Waals surface area contributed by atoms with E-state index in [4.69, 9.17) is 4.42 Å². The second-order valence-electron chi connectivity index (χ2n) is 2.48. The smallest absolute Gasteiger partial charge is 0.157 e. The van der Waals surface area contributed by atoms with Crippen LogP contribution in [-0.4, -0.2) is 19.0 Å². The molecule has 10 heavy (non-hydrogen) atoms. The average Bonchev–Trinajstić information content (AvgIpc) is 2.13. The molecule has 3 heteroatoms. The SMILES string of the molecule is CN(C)Cc1ccc(S)o1. The second-order valence-corrected chi connectivity index (χ2v) is 2.92. The molecule has 0 aliphatic carbocycles. The molecule has 1 rings (SSSR count). The maximum absolute atomic E-state index is 5.22. The lowest BCUT2D eigenvalue weighted by Crippen LogP contribution is -2.09. The minimum Gasteiger partial charge on any atom is -0.454 e. The number of thiol groups is 1. The zero-order valence-corrected chi connectivity index (χ0v) is 7.06. The van der Waals surface area contributed by atoms with E-state index in [0.717, 1.165) is 12.3 Å². The van der Waals surface area contributed by atoms with Crippen molar-refractivity contribution >= 4 is 12.6 Å². The third-order valence-corrected chi connectivity index (χ3v) is 1.36. The third-order valence-electron chi connectivity index (χ3n) is 1.12. The first-order chi connectivity index (χ1) is 4.68. The molecule has 0 unspecified atom stereocenters. The summed E-state index contributed by atoms with van der Waals surface area (Å²) in [5.41, 5.74) is 0. The Bertz CT molecular complexity index is 207. The van der Waals surface area contributed by atoms with Crippen molar-refractivity contribution < 1.29 is 4.42 Å². The molecule has 0 bridgehead atoms. The van der Waals surface area contributed by atoms with Crippen LogP contribution in [0.25, 0.3) is 0 Å². The molecule has 0 saturated heterocycles. The van der Waals surface area contributed by atoms with Gasteiger partial charge in [0, 0.05) is 0 Å². The van der Waals surface area contributed by atoms with Gasteiger partial charge in [-0.3, -0.25) is 0 Å². The molecule has 0 atom stereocenters. The van der Waals surface area contributed by atoms with Crippen molar-refractivity contribution in [1.82, 2.24) is 4.90 Å². The molecule has 1 aromatic rings. The van der Waals surface area contributed by atoms with Crippen LogP contribution in [0.3, 0.4) is 0 Å². The number of hydrogen-bond acceptors (Lipinski definition) is 3. The second kappa shape index (κ2) is 3.12. The first-order valence-corrected chi connectivity index (χ1v) is 3.55. The molecular formula is C7H11NOS. The number of nitrogens with zero attached hydrogens (tertiary/aromatic N) is 1. The number of furan rings is 1. The minimum absolute atomic E-state index is 0.678. The van der Waals surface area contributed by atoms with Crippen molar-refractivity contribution in [1.29, 1.82) is 0 Å². The van der Waals surface area contributed by atoms with E-state index >= 15 is 0 Å². The van der Waals surface area contributed by atoms with E-state index in [2.05, 4.69) is 12.6 Å². The molecule has 0 spiro atoms. The van der Waals surface area contributed by atoms with Crippen LogP contribution in [0.4, 0.5) is 0 Å². The van der Waals surface area contributed by atoms with Gasteiger partial charge in [-0.15, -0.1) is 12.6 Å². The van der Waals surface area contributed by atoms with Gasteiger partial charge in [0.2, 0.25) is 0 Å². The van der Waals surface area contributed by atoms with E-state index in [-0.39, 0.29) is 0 Å². The van der Waals surface area contributed by atoms with Gasteiger partial charge >= 0.3 is 0 Å². The van der Waals surface area contributed by atoms with Gasteiger partial charge < -0.3 is 9.32 Å². The largest absolute Gasteiger partial charge is 0.454 e. The lowest BCUT2D eigenvalue weighted by atomic mass is 10.4. The van der Waals surface area contributed by atoms with Crippen LogP contribution in [0.5, 0.6) is 0 Å². The fourth-order valence-corrected chi connectivity index (χ4v) is 0.955. The van der Waals surface area contributed by atoms with E-state index in [1.54, 1.807) is 0 Å². The van der Waals surface area contributed by atoms with Gasteiger partial charge in [-0.1, -0.05) is 0 Å². The van der Waals surface area contributed by atoms with Crippen LogP contribution in [0.1, 0.15) is 5.76 Å². The van der Waals surface area contributed by atoms with Crippen molar-refractivity contribution in [2.24, 2.45) is 0 Å². The Morgan fingerprint density at radius 3 is 2.60 bits per heavy atom. The van der Waals surface area contributed by atoms with E-state index in [1.165, 1.54) is 0 Å². The van der Waals surface area contributed by atoms with Gasteiger partial charge in [0.1, 0.15) is 5.76 Å². The van der Waals surface area contributed by atoms with Crippen LogP contribution < -0.4 is 0 Å². The topological polar surface area (TPSA) is 16.4 Å². The number of hydrogen-bond donors (Lipinski definition) is 1. The molecule has 1 aromatic heterocycles. The van der Waals surface area contributed by atoms with E-state index in [0.29, 0.717) is 5.09 Å². The zero-order valence-electron chi connectivity index (χ0n) is 6.16. The molecule has 0 aromatic carbocycles. The lowest BCUT2D eigenvalue weighted by Gasteiger charge is -2.04. The normalized spacial score (nSPS) is 10.8. The van der Waals surface area contributed by atoms with Crippen LogP contribution in [-0.2, 0) is 6.54 Å². The van der Waals surface area contributed by atoms with Gasteiger partial charge in [-0.25, -0.2) is 0 Å². The minimum atomic E-state index is 0.678. The molecule has 0 radical (unpaired) electrons. The van der Waals surface area contributed by atoms with Crippen LogP contribution >= 0.6 is 12.6 Å². The predicted octanol–water partition coefficient (Wildman–Crippen LogP) is 1.63. The summed E-state index contributed by atoms with van der Waals surface area (Å²) < 4.78 is 5.22. The van der Waals surface area contributed by atoms with Gasteiger partial charge in [0.25, 0.3) is 0 Å². The van der Waals surface area contributed by atoms with E-state index in [9.17, 15) is 0 Å². The van der Waals surface area contributed by atoms with Crippen molar-refractivity contribution in [2.45, 2.75) is 11.6 Å². The van der Waals surface area contributed by atoms with Crippen LogP contribution in [0.2, 0.25) is 0 Å². The molecular weight excluding hydrogens is 146 g/mol. The van der Waals surface area contributed by atoms with Crippen molar-refractivity contribution in [3.8, 4) is 0 Å². The fourth-order valence-electron chi connectivity index (χ4n) is 0.763. The van der Waals surface area contributed by atoms with Gasteiger partial charge in [0.15, 0.2) is 5.09 Å². The standard InChI is InChI=1S/C7H11NOS/c1-8(2)5-6-3-4-7(10)9-6/h3-4,10H,5H2,1-2H3. The molecule has 1 heterocycles. The monoisotopic (exact) mass is 157 g/mol.